The Labute approximate surface area is 138 Å². The number of aryl methyl sites for hydroxylation is 1. The van der Waals surface area contributed by atoms with Crippen LogP contribution in [0, 0.1) is 0 Å². The Morgan fingerprint density at radius 3 is 2.83 bits per heavy atom. The van der Waals surface area contributed by atoms with Gasteiger partial charge in [-0.3, -0.25) is 5.32 Å². The van der Waals surface area contributed by atoms with Crippen molar-refractivity contribution in [3.05, 3.63) is 29.3 Å². The minimum atomic E-state index is -0.496. The summed E-state index contributed by atoms with van der Waals surface area (Å²) in [5.74, 6) is 0. The highest BCUT2D eigenvalue weighted by Crippen LogP contribution is 2.33. The molecule has 1 aromatic carbocycles. The molecule has 0 radical (unpaired) electrons. The Morgan fingerprint density at radius 2 is 2.13 bits per heavy atom. The first kappa shape index (κ1) is 17.8. The van der Waals surface area contributed by atoms with Crippen LogP contribution in [-0.2, 0) is 11.2 Å². The number of benzene rings is 1. The number of fused-ring (bicyclic) bond motifs is 1. The third kappa shape index (κ3) is 5.52. The van der Waals surface area contributed by atoms with Crippen molar-refractivity contribution in [2.75, 3.05) is 18.5 Å². The minimum Gasteiger partial charge on any atom is -0.444 e. The molecular formula is C18H28N2O3. The van der Waals surface area contributed by atoms with Gasteiger partial charge in [-0.25, -0.2) is 4.79 Å². The van der Waals surface area contributed by atoms with E-state index in [-0.39, 0.29) is 6.61 Å². The Hall–Kier alpha value is -1.59. The number of hydrogen-bond donors (Lipinski definition) is 3. The molecule has 0 spiro atoms. The number of carbonyl (C=O) groups excluding carboxylic acids is 1. The number of nitrogens with one attached hydrogen (secondary N) is 2. The van der Waals surface area contributed by atoms with Gasteiger partial charge < -0.3 is 15.2 Å². The van der Waals surface area contributed by atoms with E-state index in [4.69, 9.17) is 9.84 Å². The molecule has 0 aromatic heterocycles. The molecule has 0 bridgehead atoms. The predicted molar refractivity (Wildman–Crippen MR) is 91.7 cm³/mol. The lowest BCUT2D eigenvalue weighted by atomic mass is 10.1. The SMILES string of the molecule is CC(C)(C)OC(=O)Nc1ccc2c(c1)CCC2NCCCCO. The summed E-state index contributed by atoms with van der Waals surface area (Å²) in [6, 6.07) is 6.42. The molecule has 5 heteroatoms. The van der Waals surface area contributed by atoms with E-state index in [1.807, 2.05) is 32.9 Å². The van der Waals surface area contributed by atoms with Gasteiger partial charge in [-0.05, 0) is 76.3 Å². The molecule has 5 nitrogen and oxygen atoms in total. The number of unbranched alkanes of at least 4 members (excludes halogenated alkanes) is 1. The standard InChI is InChI=1S/C18H28N2O3/c1-18(2,3)23-17(22)20-14-7-8-15-13(12-14)6-9-16(15)19-10-4-5-11-21/h7-8,12,16,19,21H,4-6,9-11H2,1-3H3,(H,20,22). The number of aliphatic hydroxyl groups excluding tert-OH is 1. The van der Waals surface area contributed by atoms with Crippen molar-refractivity contribution < 1.29 is 14.6 Å². The maximum atomic E-state index is 11.8. The van der Waals surface area contributed by atoms with Crippen LogP contribution in [0.15, 0.2) is 18.2 Å². The van der Waals surface area contributed by atoms with Crippen LogP contribution in [-0.4, -0.2) is 30.0 Å². The van der Waals surface area contributed by atoms with Gasteiger partial charge >= 0.3 is 6.09 Å². The third-order valence-corrected chi connectivity index (χ3v) is 3.84. The van der Waals surface area contributed by atoms with E-state index in [1.165, 1.54) is 11.1 Å². The van der Waals surface area contributed by atoms with Crippen molar-refractivity contribution >= 4 is 11.8 Å². The van der Waals surface area contributed by atoms with Gasteiger partial charge in [0.15, 0.2) is 0 Å². The molecule has 0 heterocycles. The molecule has 0 fully saturated rings. The molecule has 0 saturated heterocycles. The Bertz CT molecular complexity index is 538. The van der Waals surface area contributed by atoms with E-state index in [0.717, 1.165) is 37.9 Å². The van der Waals surface area contributed by atoms with Crippen molar-refractivity contribution in [3.63, 3.8) is 0 Å². The van der Waals surface area contributed by atoms with Crippen LogP contribution in [0.5, 0.6) is 0 Å². The summed E-state index contributed by atoms with van der Waals surface area (Å²) < 4.78 is 5.28. The number of amides is 1. The minimum absolute atomic E-state index is 0.253. The maximum absolute atomic E-state index is 11.8. The fraction of sp³-hybridized carbons (Fsp3) is 0.611. The van der Waals surface area contributed by atoms with Crippen LogP contribution in [0.1, 0.15) is 57.2 Å². The Kier molecular flexibility index (Phi) is 6.02. The van der Waals surface area contributed by atoms with E-state index < -0.39 is 11.7 Å². The topological polar surface area (TPSA) is 70.6 Å². The molecule has 1 unspecified atom stereocenters. The van der Waals surface area contributed by atoms with Crippen molar-refractivity contribution in [2.45, 2.75) is 58.1 Å². The van der Waals surface area contributed by atoms with E-state index in [0.29, 0.717) is 6.04 Å². The van der Waals surface area contributed by atoms with Crippen molar-refractivity contribution in [2.24, 2.45) is 0 Å². The highest BCUT2D eigenvalue weighted by atomic mass is 16.6. The van der Waals surface area contributed by atoms with Gasteiger partial charge in [-0.2, -0.15) is 0 Å². The lowest BCUT2D eigenvalue weighted by molar-refractivity contribution is 0.0636. The second-order valence-electron chi connectivity index (χ2n) is 7.02. The largest absolute Gasteiger partial charge is 0.444 e. The van der Waals surface area contributed by atoms with Gasteiger partial charge in [-0.1, -0.05) is 6.07 Å². The highest BCUT2D eigenvalue weighted by Gasteiger charge is 2.22. The molecule has 128 valence electrons. The molecule has 0 aliphatic heterocycles. The average Bonchev–Trinajstić information content (AvgIpc) is 2.84. The fourth-order valence-electron chi connectivity index (χ4n) is 2.84. The van der Waals surface area contributed by atoms with Crippen molar-refractivity contribution in [1.29, 1.82) is 0 Å². The predicted octanol–water partition coefficient (Wildman–Crippen LogP) is 3.38. The summed E-state index contributed by atoms with van der Waals surface area (Å²) in [5, 5.41) is 15.2. The van der Waals surface area contributed by atoms with E-state index in [1.54, 1.807) is 0 Å². The van der Waals surface area contributed by atoms with Gasteiger partial charge in [-0.15, -0.1) is 0 Å². The molecule has 3 N–H and O–H groups in total. The zero-order valence-corrected chi connectivity index (χ0v) is 14.3. The second-order valence-corrected chi connectivity index (χ2v) is 7.02. The molecule has 1 aromatic rings. The smallest absolute Gasteiger partial charge is 0.412 e. The molecule has 1 atom stereocenters. The fourth-order valence-corrected chi connectivity index (χ4v) is 2.84. The first-order valence-electron chi connectivity index (χ1n) is 8.36. The van der Waals surface area contributed by atoms with Gasteiger partial charge in [0, 0.05) is 18.3 Å². The zero-order chi connectivity index (χ0) is 16.9. The molecule has 1 aliphatic rings. The number of carbonyl (C=O) groups is 1. The quantitative estimate of drug-likeness (QED) is 0.703. The molecule has 2 rings (SSSR count). The summed E-state index contributed by atoms with van der Waals surface area (Å²) in [6.45, 7) is 6.72. The number of rotatable bonds is 6. The summed E-state index contributed by atoms with van der Waals surface area (Å²) >= 11 is 0. The third-order valence-electron chi connectivity index (χ3n) is 3.84. The van der Waals surface area contributed by atoms with E-state index in [9.17, 15) is 4.79 Å². The zero-order valence-electron chi connectivity index (χ0n) is 14.3. The van der Waals surface area contributed by atoms with Crippen LogP contribution in [0.4, 0.5) is 10.5 Å². The number of ether oxygens (including phenoxy) is 1. The van der Waals surface area contributed by atoms with E-state index >= 15 is 0 Å². The van der Waals surface area contributed by atoms with Gasteiger partial charge in [0.2, 0.25) is 0 Å². The summed E-state index contributed by atoms with van der Waals surface area (Å²) in [6.07, 6.45) is 3.49. The maximum Gasteiger partial charge on any atom is 0.412 e. The first-order chi connectivity index (χ1) is 10.9. The molecule has 1 aliphatic carbocycles. The average molecular weight is 320 g/mol. The first-order valence-corrected chi connectivity index (χ1v) is 8.36. The molecule has 0 saturated carbocycles. The number of anilines is 1. The second kappa shape index (κ2) is 7.79. The van der Waals surface area contributed by atoms with Crippen molar-refractivity contribution in [1.82, 2.24) is 5.32 Å². The van der Waals surface area contributed by atoms with Crippen LogP contribution < -0.4 is 10.6 Å². The van der Waals surface area contributed by atoms with Crippen LogP contribution in [0.2, 0.25) is 0 Å². The summed E-state index contributed by atoms with van der Waals surface area (Å²) in [4.78, 5) is 11.8. The van der Waals surface area contributed by atoms with Crippen LogP contribution in [0.3, 0.4) is 0 Å². The summed E-state index contributed by atoms with van der Waals surface area (Å²) in [7, 11) is 0. The number of hydrogen-bond acceptors (Lipinski definition) is 4. The molecule has 1 amide bonds. The molecule has 23 heavy (non-hydrogen) atoms. The van der Waals surface area contributed by atoms with Crippen molar-refractivity contribution in [3.8, 4) is 0 Å². The molecular weight excluding hydrogens is 292 g/mol. The van der Waals surface area contributed by atoms with Gasteiger partial charge in [0.05, 0.1) is 0 Å². The van der Waals surface area contributed by atoms with Crippen LogP contribution in [0.25, 0.3) is 0 Å². The normalized spacial score (nSPS) is 17.0. The van der Waals surface area contributed by atoms with Crippen LogP contribution >= 0.6 is 0 Å². The highest BCUT2D eigenvalue weighted by molar-refractivity contribution is 5.85. The van der Waals surface area contributed by atoms with Gasteiger partial charge in [0.1, 0.15) is 5.60 Å². The summed E-state index contributed by atoms with van der Waals surface area (Å²) in [5.41, 5.74) is 2.87. The van der Waals surface area contributed by atoms with Gasteiger partial charge in [0.25, 0.3) is 0 Å². The lowest BCUT2D eigenvalue weighted by Gasteiger charge is -2.20. The number of aliphatic hydroxyl groups is 1. The van der Waals surface area contributed by atoms with E-state index in [2.05, 4.69) is 16.7 Å². The Morgan fingerprint density at radius 1 is 1.35 bits per heavy atom. The Balaban J connectivity index is 1.92. The monoisotopic (exact) mass is 320 g/mol. The lowest BCUT2D eigenvalue weighted by Crippen LogP contribution is -2.27.